The highest BCUT2D eigenvalue weighted by Crippen LogP contribution is 2.49. The first-order valence-electron chi connectivity index (χ1n) is 11.4. The van der Waals surface area contributed by atoms with Crippen LogP contribution in [0.3, 0.4) is 0 Å². The summed E-state index contributed by atoms with van der Waals surface area (Å²) in [7, 11) is 0. The van der Waals surface area contributed by atoms with Crippen LogP contribution in [-0.2, 0) is 9.53 Å². The van der Waals surface area contributed by atoms with E-state index in [0.29, 0.717) is 55.8 Å². The van der Waals surface area contributed by atoms with E-state index in [9.17, 15) is 4.79 Å². The van der Waals surface area contributed by atoms with Crippen molar-refractivity contribution in [2.75, 3.05) is 31.8 Å². The van der Waals surface area contributed by atoms with E-state index < -0.39 is 6.10 Å². The van der Waals surface area contributed by atoms with Gasteiger partial charge in [0.05, 0.1) is 37.2 Å². The number of halogens is 1. The number of allylic oxidation sites excluding steroid dienone is 1. The van der Waals surface area contributed by atoms with Gasteiger partial charge in [-0.05, 0) is 59.7 Å². The van der Waals surface area contributed by atoms with E-state index in [-0.39, 0.29) is 11.3 Å². The van der Waals surface area contributed by atoms with Gasteiger partial charge in [0.1, 0.15) is 34.4 Å². The summed E-state index contributed by atoms with van der Waals surface area (Å²) in [5.74, 6) is 2.24. The fourth-order valence-corrected chi connectivity index (χ4v) is 3.72. The Morgan fingerprint density at radius 2 is 1.42 bits per heavy atom. The number of carbonyl (C=O) groups excluding carboxylic acids is 1. The molecule has 0 spiro atoms. The van der Waals surface area contributed by atoms with E-state index in [1.807, 2.05) is 65.8 Å². The molecule has 0 heterocycles. The summed E-state index contributed by atoms with van der Waals surface area (Å²) in [6.45, 7) is 13.7. The van der Waals surface area contributed by atoms with Crippen molar-refractivity contribution < 1.29 is 28.5 Å². The molecule has 0 aromatic heterocycles. The fraction of sp³-hybridized carbons (Fsp3) is 0.500. The maximum Gasteiger partial charge on any atom is 0.317 e. The summed E-state index contributed by atoms with van der Waals surface area (Å²) in [4.78, 5) is 12.3. The van der Waals surface area contributed by atoms with Crippen LogP contribution in [-0.4, -0.2) is 37.7 Å². The second-order valence-corrected chi connectivity index (χ2v) is 8.03. The topological polar surface area (TPSA) is 63.2 Å². The molecule has 2 rings (SSSR count). The van der Waals surface area contributed by atoms with Gasteiger partial charge in [0, 0.05) is 12.0 Å². The number of carbonyl (C=O) groups is 1. The fourth-order valence-electron chi connectivity index (χ4n) is 3.59. The molecule has 0 bridgehead atoms. The van der Waals surface area contributed by atoms with Crippen molar-refractivity contribution in [3.05, 3.63) is 35.4 Å². The zero-order chi connectivity index (χ0) is 24.4. The van der Waals surface area contributed by atoms with Crippen molar-refractivity contribution in [3.8, 4) is 23.0 Å². The number of benzene rings is 2. The molecule has 182 valence electrons. The molecule has 0 saturated carbocycles. The first-order chi connectivity index (χ1) is 15.9. The first-order valence-corrected chi connectivity index (χ1v) is 12.6. The highest BCUT2D eigenvalue weighted by Gasteiger charge is 2.27. The Bertz CT molecular complexity index is 965. The molecule has 0 aliphatic rings. The number of rotatable bonds is 13. The number of fused-ring (bicyclic) bond motifs is 1. The van der Waals surface area contributed by atoms with Crippen molar-refractivity contribution in [3.63, 3.8) is 0 Å². The van der Waals surface area contributed by atoms with Crippen molar-refractivity contribution in [2.24, 2.45) is 0 Å². The Hall–Kier alpha value is -2.41. The molecule has 0 fully saturated rings. The molecule has 2 aromatic rings. The third-order valence-corrected chi connectivity index (χ3v) is 5.27. The maximum atomic E-state index is 12.3. The molecule has 33 heavy (non-hydrogen) atoms. The van der Waals surface area contributed by atoms with Crippen molar-refractivity contribution >= 4 is 32.7 Å². The SMILES string of the molecule is CCOc1ccc(OCC)c2c(OCC)c(C(CC=C(C)C)OC(=O)CBr)cc(OCC)c12. The Kier molecular flexibility index (Phi) is 10.8. The van der Waals surface area contributed by atoms with Crippen LogP contribution >= 0.6 is 15.9 Å². The van der Waals surface area contributed by atoms with Crippen LogP contribution in [0.2, 0.25) is 0 Å². The molecule has 0 radical (unpaired) electrons. The number of esters is 1. The van der Waals surface area contributed by atoms with Crippen molar-refractivity contribution in [1.82, 2.24) is 0 Å². The molecule has 0 aliphatic carbocycles. The molecule has 1 atom stereocenters. The van der Waals surface area contributed by atoms with Crippen LogP contribution in [0, 0.1) is 0 Å². The molecule has 1 unspecified atom stereocenters. The monoisotopic (exact) mass is 522 g/mol. The molecule has 2 aromatic carbocycles. The largest absolute Gasteiger partial charge is 0.493 e. The van der Waals surface area contributed by atoms with Gasteiger partial charge in [-0.1, -0.05) is 27.6 Å². The first kappa shape index (κ1) is 26.8. The lowest BCUT2D eigenvalue weighted by atomic mass is 9.96. The number of ether oxygens (including phenoxy) is 5. The lowest BCUT2D eigenvalue weighted by Crippen LogP contribution is -2.14. The molecule has 0 amide bonds. The molecule has 0 saturated heterocycles. The summed E-state index contributed by atoms with van der Waals surface area (Å²) in [6.07, 6.45) is 2.00. The van der Waals surface area contributed by atoms with Gasteiger partial charge in [-0.2, -0.15) is 0 Å². The highest BCUT2D eigenvalue weighted by atomic mass is 79.9. The molecular formula is C26H35BrO6. The Labute approximate surface area is 205 Å². The summed E-state index contributed by atoms with van der Waals surface area (Å²) >= 11 is 3.20. The Morgan fingerprint density at radius 1 is 0.879 bits per heavy atom. The van der Waals surface area contributed by atoms with Crippen LogP contribution in [0.1, 0.15) is 59.6 Å². The standard InChI is InChI=1S/C26H35BrO6/c1-7-29-20-13-14-21(30-8-2)25-24(20)22(31-9-3)15-18(26(25)32-10-4)19(12-11-17(5)6)33-23(28)16-27/h11,13-15,19H,7-10,12,16H2,1-6H3. The predicted octanol–water partition coefficient (Wildman–Crippen LogP) is 6.77. The Balaban J connectivity index is 2.94. The van der Waals surface area contributed by atoms with Gasteiger partial charge in [-0.25, -0.2) is 0 Å². The van der Waals surface area contributed by atoms with E-state index >= 15 is 0 Å². The van der Waals surface area contributed by atoms with E-state index in [4.69, 9.17) is 23.7 Å². The third-order valence-electron chi connectivity index (χ3n) is 4.81. The predicted molar refractivity (Wildman–Crippen MR) is 135 cm³/mol. The molecular weight excluding hydrogens is 488 g/mol. The summed E-state index contributed by atoms with van der Waals surface area (Å²) in [5.41, 5.74) is 1.86. The highest BCUT2D eigenvalue weighted by molar-refractivity contribution is 9.09. The molecule has 6 nitrogen and oxygen atoms in total. The minimum absolute atomic E-state index is 0.104. The smallest absolute Gasteiger partial charge is 0.317 e. The van der Waals surface area contributed by atoms with Gasteiger partial charge in [0.15, 0.2) is 0 Å². The average Bonchev–Trinajstić information content (AvgIpc) is 2.79. The minimum Gasteiger partial charge on any atom is -0.493 e. The van der Waals surface area contributed by atoms with E-state index in [2.05, 4.69) is 15.9 Å². The van der Waals surface area contributed by atoms with Crippen LogP contribution in [0.15, 0.2) is 29.8 Å². The second-order valence-electron chi connectivity index (χ2n) is 7.47. The number of hydrogen-bond donors (Lipinski definition) is 0. The number of hydrogen-bond acceptors (Lipinski definition) is 6. The van der Waals surface area contributed by atoms with Gasteiger partial charge in [-0.15, -0.1) is 0 Å². The lowest BCUT2D eigenvalue weighted by Gasteiger charge is -2.25. The van der Waals surface area contributed by atoms with Gasteiger partial charge in [0.2, 0.25) is 0 Å². The summed E-state index contributed by atoms with van der Waals surface area (Å²) in [5, 5.41) is 1.64. The quantitative estimate of drug-likeness (QED) is 0.164. The maximum absolute atomic E-state index is 12.3. The summed E-state index contributed by atoms with van der Waals surface area (Å²) in [6, 6.07) is 5.68. The normalized spacial score (nSPS) is 11.6. The minimum atomic E-state index is -0.555. The van der Waals surface area contributed by atoms with E-state index in [1.165, 1.54) is 0 Å². The molecule has 0 aliphatic heterocycles. The van der Waals surface area contributed by atoms with Crippen LogP contribution < -0.4 is 18.9 Å². The van der Waals surface area contributed by atoms with Crippen molar-refractivity contribution in [2.45, 2.75) is 54.1 Å². The lowest BCUT2D eigenvalue weighted by molar-refractivity contribution is -0.145. The van der Waals surface area contributed by atoms with Gasteiger partial charge < -0.3 is 23.7 Å². The van der Waals surface area contributed by atoms with Crippen molar-refractivity contribution in [1.29, 1.82) is 0 Å². The zero-order valence-electron chi connectivity index (χ0n) is 20.5. The van der Waals surface area contributed by atoms with E-state index in [0.717, 1.165) is 21.9 Å². The van der Waals surface area contributed by atoms with Gasteiger partial charge in [0.25, 0.3) is 0 Å². The van der Waals surface area contributed by atoms with Gasteiger partial charge >= 0.3 is 5.97 Å². The van der Waals surface area contributed by atoms with Crippen LogP contribution in [0.5, 0.6) is 23.0 Å². The van der Waals surface area contributed by atoms with E-state index in [1.54, 1.807) is 0 Å². The van der Waals surface area contributed by atoms with Gasteiger partial charge in [-0.3, -0.25) is 4.79 Å². The summed E-state index contributed by atoms with van der Waals surface area (Å²) < 4.78 is 30.0. The number of alkyl halides is 1. The third kappa shape index (κ3) is 6.79. The van der Waals surface area contributed by atoms with Crippen LogP contribution in [0.4, 0.5) is 0 Å². The molecule has 0 N–H and O–H groups in total. The second kappa shape index (κ2) is 13.3. The Morgan fingerprint density at radius 3 is 1.94 bits per heavy atom. The average molecular weight is 523 g/mol. The zero-order valence-corrected chi connectivity index (χ0v) is 22.0. The van der Waals surface area contributed by atoms with Crippen LogP contribution in [0.25, 0.3) is 10.8 Å². The molecule has 7 heteroatoms.